The fraction of sp³-hybridized carbons (Fsp3) is 0.300. The summed E-state index contributed by atoms with van der Waals surface area (Å²) in [4.78, 5) is 3.60. The molecule has 0 saturated carbocycles. The van der Waals surface area contributed by atoms with Gasteiger partial charge < -0.3 is 0 Å². The van der Waals surface area contributed by atoms with Gasteiger partial charge in [-0.15, -0.1) is 0 Å². The van der Waals surface area contributed by atoms with Crippen molar-refractivity contribution in [2.24, 2.45) is 0 Å². The first-order valence-electron chi connectivity index (χ1n) is 5.59. The smallest absolute Gasteiger partial charge is 0.0846 e. The van der Waals surface area contributed by atoms with E-state index >= 15 is 0 Å². The van der Waals surface area contributed by atoms with E-state index in [4.69, 9.17) is 5.48 Å². The maximum Gasteiger partial charge on any atom is 0.0846 e. The Kier molecular flexibility index (Phi) is 1.44. The van der Waals surface area contributed by atoms with E-state index in [-0.39, 0.29) is 24.4 Å². The summed E-state index contributed by atoms with van der Waals surface area (Å²) in [6.07, 6.45) is 2.11. The van der Waals surface area contributed by atoms with Crippen LogP contribution in [0.25, 0.3) is 6.08 Å². The second-order valence-corrected chi connectivity index (χ2v) is 2.34. The first kappa shape index (κ1) is 4.05. The third kappa shape index (κ3) is 2.54. The van der Waals surface area contributed by atoms with Crippen LogP contribution >= 0.6 is 0 Å². The van der Waals surface area contributed by atoms with Gasteiger partial charge in [-0.25, -0.2) is 0 Å². The molecule has 0 unspecified atom stereocenters. The SMILES string of the molecule is [2H]c1[15n]c([2H])c(/C=C(/C)CC)c([2H])c1[2H]. The van der Waals surface area contributed by atoms with Crippen molar-refractivity contribution in [2.45, 2.75) is 20.3 Å². The third-order valence-electron chi connectivity index (χ3n) is 1.43. The molecule has 1 heterocycles. The summed E-state index contributed by atoms with van der Waals surface area (Å²) in [6.45, 7) is 3.88. The molecular formula is C10H13N. The zero-order valence-corrected chi connectivity index (χ0v) is 6.73. The van der Waals surface area contributed by atoms with Crippen molar-refractivity contribution in [1.29, 1.82) is 0 Å². The van der Waals surface area contributed by atoms with Crippen molar-refractivity contribution >= 4 is 6.08 Å². The van der Waals surface area contributed by atoms with Gasteiger partial charge in [-0.05, 0) is 25.0 Å². The Morgan fingerprint density at radius 1 is 1.82 bits per heavy atom. The van der Waals surface area contributed by atoms with Crippen molar-refractivity contribution in [3.63, 3.8) is 0 Å². The Bertz CT molecular complexity index is 412. The van der Waals surface area contributed by atoms with E-state index in [1.54, 1.807) is 6.08 Å². The lowest BCUT2D eigenvalue weighted by atomic mass is 10.1. The summed E-state index contributed by atoms with van der Waals surface area (Å²) in [5, 5.41) is 0. The van der Waals surface area contributed by atoms with Crippen LogP contribution in [-0.4, -0.2) is 4.98 Å². The van der Waals surface area contributed by atoms with Gasteiger partial charge in [-0.3, -0.25) is 4.98 Å². The van der Waals surface area contributed by atoms with Crippen molar-refractivity contribution in [2.75, 3.05) is 0 Å². The average Bonchev–Trinajstić information content (AvgIpc) is 2.21. The highest BCUT2D eigenvalue weighted by Crippen LogP contribution is 2.06. The molecule has 0 aliphatic carbocycles. The first-order chi connectivity index (χ1) is 6.97. The lowest BCUT2D eigenvalue weighted by molar-refractivity contribution is 1.11. The van der Waals surface area contributed by atoms with E-state index in [2.05, 4.69) is 4.98 Å². The molecule has 0 fully saturated rings. The van der Waals surface area contributed by atoms with Gasteiger partial charge in [0.2, 0.25) is 0 Å². The third-order valence-corrected chi connectivity index (χ3v) is 1.43. The molecule has 0 aliphatic rings. The zero-order valence-electron chi connectivity index (χ0n) is 10.7. The van der Waals surface area contributed by atoms with Gasteiger partial charge in [0.15, 0.2) is 0 Å². The van der Waals surface area contributed by atoms with Crippen LogP contribution < -0.4 is 0 Å². The molecule has 0 atom stereocenters. The molecular weight excluding hydrogens is 135 g/mol. The van der Waals surface area contributed by atoms with Crippen molar-refractivity contribution in [1.82, 2.24) is 4.98 Å². The predicted molar refractivity (Wildman–Crippen MR) is 48.2 cm³/mol. The van der Waals surface area contributed by atoms with E-state index in [0.717, 1.165) is 12.0 Å². The van der Waals surface area contributed by atoms with Gasteiger partial charge in [-0.1, -0.05) is 24.6 Å². The number of allylic oxidation sites excluding steroid dienone is 1. The van der Waals surface area contributed by atoms with E-state index < -0.39 is 0 Å². The summed E-state index contributed by atoms with van der Waals surface area (Å²) in [5.74, 6) is 0. The topological polar surface area (TPSA) is 12.9 Å². The number of rotatable bonds is 2. The Morgan fingerprint density at radius 3 is 3.36 bits per heavy atom. The molecule has 0 aromatic carbocycles. The van der Waals surface area contributed by atoms with E-state index in [1.807, 2.05) is 13.8 Å². The summed E-state index contributed by atoms with van der Waals surface area (Å²) < 4.78 is 29.9. The second-order valence-electron chi connectivity index (χ2n) is 2.34. The van der Waals surface area contributed by atoms with Crippen LogP contribution in [0.3, 0.4) is 0 Å². The van der Waals surface area contributed by atoms with Gasteiger partial charge >= 0.3 is 0 Å². The van der Waals surface area contributed by atoms with Crippen LogP contribution in [0.15, 0.2) is 30.0 Å². The fourth-order valence-corrected chi connectivity index (χ4v) is 0.656. The molecule has 1 rings (SSSR count). The number of nitrogens with zero attached hydrogens (tertiary/aromatic N) is 1. The van der Waals surface area contributed by atoms with Crippen molar-refractivity contribution < 1.29 is 5.48 Å². The lowest BCUT2D eigenvalue weighted by Gasteiger charge is -1.94. The lowest BCUT2D eigenvalue weighted by Crippen LogP contribution is -1.76. The Balaban J connectivity index is 3.36. The molecule has 1 aromatic rings. The molecule has 0 spiro atoms. The van der Waals surface area contributed by atoms with Crippen molar-refractivity contribution in [3.8, 4) is 0 Å². The molecule has 0 bridgehead atoms. The van der Waals surface area contributed by atoms with Gasteiger partial charge in [-0.2, -0.15) is 0 Å². The number of aromatic nitrogens is 1. The number of hydrogen-bond donors (Lipinski definition) is 0. The average molecular weight is 152 g/mol. The monoisotopic (exact) mass is 152 g/mol. The molecule has 0 radical (unpaired) electrons. The summed E-state index contributed by atoms with van der Waals surface area (Å²) in [6, 6.07) is -0.311. The van der Waals surface area contributed by atoms with E-state index in [1.165, 1.54) is 0 Å². The minimum atomic E-state index is -0.309. The molecule has 1 aromatic heterocycles. The second kappa shape index (κ2) is 3.91. The number of hydrogen-bond acceptors (Lipinski definition) is 1. The highest BCUT2D eigenvalue weighted by Gasteiger charge is 1.86. The van der Waals surface area contributed by atoms with Crippen LogP contribution in [0.2, 0.25) is 0 Å². The Labute approximate surface area is 73.4 Å². The highest BCUT2D eigenvalue weighted by atomic mass is 15.4. The van der Waals surface area contributed by atoms with Gasteiger partial charge in [0, 0.05) is 12.3 Å². The maximum absolute atomic E-state index is 7.63. The quantitative estimate of drug-likeness (QED) is 0.635. The first-order valence-corrected chi connectivity index (χ1v) is 3.59. The summed E-state index contributed by atoms with van der Waals surface area (Å²) >= 11 is 0. The molecule has 58 valence electrons. The molecule has 1 nitrogen and oxygen atoms in total. The molecule has 1 heteroatoms. The zero-order chi connectivity index (χ0) is 11.6. The van der Waals surface area contributed by atoms with Gasteiger partial charge in [0.05, 0.1) is 5.48 Å². The number of pyridine rings is 1. The Morgan fingerprint density at radius 2 is 2.64 bits per heavy atom. The normalized spacial score (nSPS) is 16.7. The highest BCUT2D eigenvalue weighted by molar-refractivity contribution is 5.50. The van der Waals surface area contributed by atoms with Crippen LogP contribution in [0.5, 0.6) is 0 Å². The predicted octanol–water partition coefficient (Wildman–Crippen LogP) is 2.89. The largest absolute Gasteiger partial charge is 0.264 e. The fourth-order valence-electron chi connectivity index (χ4n) is 0.656. The molecule has 0 N–H and O–H groups in total. The summed E-state index contributed by atoms with van der Waals surface area (Å²) in [5.41, 5.74) is 1.35. The van der Waals surface area contributed by atoms with Gasteiger partial charge in [0.25, 0.3) is 0 Å². The minimum absolute atomic E-state index is 0.0900. The van der Waals surface area contributed by atoms with Gasteiger partial charge in [0.1, 0.15) is 0 Å². The molecule has 11 heavy (non-hydrogen) atoms. The summed E-state index contributed by atoms with van der Waals surface area (Å²) in [7, 11) is 0. The Hall–Kier alpha value is -1.11. The van der Waals surface area contributed by atoms with E-state index in [0.29, 0.717) is 5.56 Å². The van der Waals surface area contributed by atoms with Crippen molar-refractivity contribution in [3.05, 3.63) is 35.6 Å². The molecule has 0 amide bonds. The minimum Gasteiger partial charge on any atom is -0.264 e. The maximum atomic E-state index is 7.63. The van der Waals surface area contributed by atoms with E-state index in [9.17, 15) is 0 Å². The van der Waals surface area contributed by atoms with Crippen LogP contribution in [0.4, 0.5) is 0 Å². The molecule has 0 saturated heterocycles. The van der Waals surface area contributed by atoms with Crippen LogP contribution in [0.1, 0.15) is 31.3 Å². The molecule has 0 aliphatic heterocycles. The van der Waals surface area contributed by atoms with Crippen LogP contribution in [-0.2, 0) is 0 Å². The standard InChI is InChI=1S/C10H13N/c1-3-9(2)7-10-5-4-6-11-8-10/h4-8H,3H2,1-2H3/b9-7-/i4D,5D,6D,8D,11+1. The van der Waals surface area contributed by atoms with Crippen LogP contribution in [0, 0.1) is 0 Å².